The molecule has 0 unspecified atom stereocenters. The van der Waals surface area contributed by atoms with Crippen molar-refractivity contribution >= 4 is 5.91 Å². The number of H-pyrrole nitrogens is 1. The van der Waals surface area contributed by atoms with Gasteiger partial charge in [0.2, 0.25) is 0 Å². The molecule has 0 bridgehead atoms. The van der Waals surface area contributed by atoms with Crippen LogP contribution >= 0.6 is 0 Å². The van der Waals surface area contributed by atoms with E-state index in [2.05, 4.69) is 27.0 Å². The van der Waals surface area contributed by atoms with E-state index < -0.39 is 0 Å². The molecule has 7 nitrogen and oxygen atoms in total. The molecule has 0 aliphatic carbocycles. The molecule has 0 radical (unpaired) electrons. The number of nitrogens with zero attached hydrogens (tertiary/aromatic N) is 4. The Labute approximate surface area is 153 Å². The second-order valence-corrected chi connectivity index (χ2v) is 7.10. The highest BCUT2D eigenvalue weighted by Crippen LogP contribution is 2.23. The zero-order valence-corrected chi connectivity index (χ0v) is 15.3. The van der Waals surface area contributed by atoms with E-state index in [9.17, 15) is 4.79 Å². The Bertz CT molecular complexity index is 790. The van der Waals surface area contributed by atoms with Gasteiger partial charge >= 0.3 is 0 Å². The summed E-state index contributed by atoms with van der Waals surface area (Å²) in [6.07, 6.45) is 0. The molecule has 4 rings (SSSR count). The molecule has 1 amide bonds. The smallest absolute Gasteiger partial charge is 0.271 e. The molecule has 2 fully saturated rings. The van der Waals surface area contributed by atoms with Crippen molar-refractivity contribution in [3.8, 4) is 17.0 Å². The maximum atomic E-state index is 12.9. The van der Waals surface area contributed by atoms with Crippen LogP contribution in [0, 0.1) is 0 Å². The van der Waals surface area contributed by atoms with Gasteiger partial charge in [0.05, 0.1) is 12.8 Å². The van der Waals surface area contributed by atoms with E-state index in [0.717, 1.165) is 56.3 Å². The van der Waals surface area contributed by atoms with Crippen LogP contribution < -0.4 is 4.74 Å². The third-order valence-corrected chi connectivity index (χ3v) is 5.36. The van der Waals surface area contributed by atoms with Crippen LogP contribution in [-0.2, 0) is 0 Å². The second-order valence-electron chi connectivity index (χ2n) is 7.10. The summed E-state index contributed by atoms with van der Waals surface area (Å²) in [7, 11) is 3.79. The van der Waals surface area contributed by atoms with Crippen LogP contribution in [-0.4, -0.2) is 90.3 Å². The Hall–Kier alpha value is -2.38. The van der Waals surface area contributed by atoms with Gasteiger partial charge in [0, 0.05) is 50.9 Å². The number of carbonyl (C=O) groups is 1. The van der Waals surface area contributed by atoms with Gasteiger partial charge in [-0.05, 0) is 25.2 Å². The average Bonchev–Trinajstić information content (AvgIpc) is 3.17. The molecule has 2 aliphatic rings. The van der Waals surface area contributed by atoms with Crippen molar-refractivity contribution < 1.29 is 9.53 Å². The van der Waals surface area contributed by atoms with Gasteiger partial charge in [-0.3, -0.25) is 14.8 Å². The fourth-order valence-electron chi connectivity index (χ4n) is 3.83. The molecular formula is C19H25N5O2. The molecule has 0 spiro atoms. The molecule has 2 aromatic rings. The fraction of sp³-hybridized carbons (Fsp3) is 0.474. The molecule has 1 aromatic carbocycles. The first-order valence-corrected chi connectivity index (χ1v) is 9.06. The zero-order chi connectivity index (χ0) is 18.1. The lowest BCUT2D eigenvalue weighted by Crippen LogP contribution is -2.62. The first kappa shape index (κ1) is 17.1. The molecular weight excluding hydrogens is 330 g/mol. The van der Waals surface area contributed by atoms with E-state index in [1.165, 1.54) is 0 Å². The van der Waals surface area contributed by atoms with Crippen molar-refractivity contribution in [3.63, 3.8) is 0 Å². The first-order valence-electron chi connectivity index (χ1n) is 9.06. The number of likely N-dealkylation sites (N-methyl/N-ethyl adjacent to an activating group) is 1. The zero-order valence-electron chi connectivity index (χ0n) is 15.3. The van der Waals surface area contributed by atoms with Crippen molar-refractivity contribution in [2.75, 3.05) is 53.4 Å². The Kier molecular flexibility index (Phi) is 4.65. The Morgan fingerprint density at radius 1 is 1.19 bits per heavy atom. The number of carbonyl (C=O) groups excluding carboxylic acids is 1. The quantitative estimate of drug-likeness (QED) is 0.895. The molecule has 1 atom stereocenters. The van der Waals surface area contributed by atoms with E-state index >= 15 is 0 Å². The van der Waals surface area contributed by atoms with Gasteiger partial charge in [0.1, 0.15) is 11.4 Å². The summed E-state index contributed by atoms with van der Waals surface area (Å²) in [6, 6.07) is 9.94. The van der Waals surface area contributed by atoms with Gasteiger partial charge < -0.3 is 14.5 Å². The summed E-state index contributed by atoms with van der Waals surface area (Å²) < 4.78 is 5.26. The Morgan fingerprint density at radius 3 is 2.88 bits per heavy atom. The van der Waals surface area contributed by atoms with Crippen LogP contribution in [0.4, 0.5) is 0 Å². The molecule has 138 valence electrons. The molecule has 2 saturated heterocycles. The molecule has 26 heavy (non-hydrogen) atoms. The van der Waals surface area contributed by atoms with Crippen LogP contribution in [0.15, 0.2) is 30.3 Å². The number of piperazine rings is 2. The SMILES string of the molecule is COc1cccc(-c2cc(C(=O)N3CCN4CCN(C)C[C@H]4C3)[nH]n2)c1. The summed E-state index contributed by atoms with van der Waals surface area (Å²) in [5, 5.41) is 7.24. The predicted molar refractivity (Wildman–Crippen MR) is 99.3 cm³/mol. The molecule has 1 aromatic heterocycles. The van der Waals surface area contributed by atoms with Gasteiger partial charge in [-0.2, -0.15) is 5.10 Å². The van der Waals surface area contributed by atoms with E-state index in [1.807, 2.05) is 35.2 Å². The Morgan fingerprint density at radius 2 is 2.04 bits per heavy atom. The van der Waals surface area contributed by atoms with E-state index in [-0.39, 0.29) is 5.91 Å². The first-order chi connectivity index (χ1) is 12.6. The van der Waals surface area contributed by atoms with Gasteiger partial charge in [0.25, 0.3) is 5.91 Å². The topological polar surface area (TPSA) is 64.7 Å². The van der Waals surface area contributed by atoms with Crippen molar-refractivity contribution in [3.05, 3.63) is 36.0 Å². The maximum Gasteiger partial charge on any atom is 0.271 e. The number of hydrogen-bond acceptors (Lipinski definition) is 5. The third kappa shape index (κ3) is 3.32. The minimum atomic E-state index is 0.0273. The summed E-state index contributed by atoms with van der Waals surface area (Å²) in [4.78, 5) is 19.7. The number of fused-ring (bicyclic) bond motifs is 1. The highest BCUT2D eigenvalue weighted by Gasteiger charge is 2.33. The number of hydrogen-bond donors (Lipinski definition) is 1. The van der Waals surface area contributed by atoms with Crippen molar-refractivity contribution in [2.45, 2.75) is 6.04 Å². The van der Waals surface area contributed by atoms with Crippen LogP contribution in [0.3, 0.4) is 0 Å². The number of benzene rings is 1. The summed E-state index contributed by atoms with van der Waals surface area (Å²) in [5.41, 5.74) is 2.22. The normalized spacial score (nSPS) is 21.5. The lowest BCUT2D eigenvalue weighted by atomic mass is 10.1. The largest absolute Gasteiger partial charge is 0.497 e. The average molecular weight is 355 g/mol. The van der Waals surface area contributed by atoms with Gasteiger partial charge in [0.15, 0.2) is 0 Å². The Balaban J connectivity index is 1.48. The number of methoxy groups -OCH3 is 1. The third-order valence-electron chi connectivity index (χ3n) is 5.36. The summed E-state index contributed by atoms with van der Waals surface area (Å²) >= 11 is 0. The predicted octanol–water partition coefficient (Wildman–Crippen LogP) is 1.16. The molecule has 0 saturated carbocycles. The van der Waals surface area contributed by atoms with E-state index in [0.29, 0.717) is 11.7 Å². The van der Waals surface area contributed by atoms with Crippen LogP contribution in [0.2, 0.25) is 0 Å². The monoisotopic (exact) mass is 355 g/mol. The van der Waals surface area contributed by atoms with E-state index in [1.54, 1.807) is 7.11 Å². The lowest BCUT2D eigenvalue weighted by Gasteiger charge is -2.46. The van der Waals surface area contributed by atoms with Crippen molar-refractivity contribution in [1.82, 2.24) is 24.9 Å². The highest BCUT2D eigenvalue weighted by atomic mass is 16.5. The number of aromatic nitrogens is 2. The van der Waals surface area contributed by atoms with Gasteiger partial charge in [-0.25, -0.2) is 0 Å². The number of rotatable bonds is 3. The summed E-state index contributed by atoms with van der Waals surface area (Å²) in [6.45, 7) is 5.70. The number of aromatic amines is 1. The van der Waals surface area contributed by atoms with Crippen LogP contribution in [0.25, 0.3) is 11.3 Å². The number of ether oxygens (including phenoxy) is 1. The van der Waals surface area contributed by atoms with Gasteiger partial charge in [-0.1, -0.05) is 12.1 Å². The number of nitrogens with one attached hydrogen (secondary N) is 1. The molecule has 2 aliphatic heterocycles. The minimum absolute atomic E-state index is 0.0273. The van der Waals surface area contributed by atoms with Crippen molar-refractivity contribution in [1.29, 1.82) is 0 Å². The number of amides is 1. The fourth-order valence-corrected chi connectivity index (χ4v) is 3.83. The van der Waals surface area contributed by atoms with Crippen LogP contribution in [0.5, 0.6) is 5.75 Å². The summed E-state index contributed by atoms with van der Waals surface area (Å²) in [5.74, 6) is 0.801. The molecule has 3 heterocycles. The molecule has 7 heteroatoms. The second kappa shape index (κ2) is 7.09. The van der Waals surface area contributed by atoms with Gasteiger partial charge in [-0.15, -0.1) is 0 Å². The van der Waals surface area contributed by atoms with E-state index in [4.69, 9.17) is 4.74 Å². The standard InChI is InChI=1S/C19H25N5O2/c1-22-6-7-23-8-9-24(13-15(23)12-22)19(25)18-11-17(20-21-18)14-4-3-5-16(10-14)26-2/h3-5,10-11,15H,6-9,12-13H2,1-2H3,(H,20,21)/t15-/m0/s1. The minimum Gasteiger partial charge on any atom is -0.497 e. The van der Waals surface area contributed by atoms with Crippen molar-refractivity contribution in [2.24, 2.45) is 0 Å². The molecule has 1 N–H and O–H groups in total. The maximum absolute atomic E-state index is 12.9. The van der Waals surface area contributed by atoms with Crippen LogP contribution in [0.1, 0.15) is 10.5 Å². The highest BCUT2D eigenvalue weighted by molar-refractivity contribution is 5.93. The lowest BCUT2D eigenvalue weighted by molar-refractivity contribution is 0.0187.